The molecule has 0 bridgehead atoms. The third-order valence-electron chi connectivity index (χ3n) is 10.0. The van der Waals surface area contributed by atoms with Crippen LogP contribution in [0.25, 0.3) is 32.9 Å². The molecule has 0 saturated heterocycles. The lowest BCUT2D eigenvalue weighted by Gasteiger charge is -2.36. The van der Waals surface area contributed by atoms with Crippen LogP contribution in [-0.4, -0.2) is 11.3 Å². The molecule has 9 rings (SSSR count). The van der Waals surface area contributed by atoms with Gasteiger partial charge in [-0.3, -0.25) is 0 Å². The minimum atomic E-state index is -0.0803. The van der Waals surface area contributed by atoms with Crippen LogP contribution in [0.15, 0.2) is 121 Å². The molecule has 0 saturated carbocycles. The van der Waals surface area contributed by atoms with Crippen molar-refractivity contribution in [1.82, 2.24) is 4.48 Å². The van der Waals surface area contributed by atoms with Crippen molar-refractivity contribution in [2.75, 3.05) is 0 Å². The van der Waals surface area contributed by atoms with E-state index >= 15 is 0 Å². The Kier molecular flexibility index (Phi) is 6.39. The van der Waals surface area contributed by atoms with Gasteiger partial charge in [0.1, 0.15) is 34.5 Å². The van der Waals surface area contributed by atoms with Gasteiger partial charge in [0.15, 0.2) is 0 Å². The fourth-order valence-electron chi connectivity index (χ4n) is 7.49. The van der Waals surface area contributed by atoms with Gasteiger partial charge in [-0.1, -0.05) is 96.1 Å². The normalized spacial score (nSPS) is 13.2. The van der Waals surface area contributed by atoms with Gasteiger partial charge in [-0.25, -0.2) is 0 Å². The molecule has 0 amide bonds. The molecule has 0 radical (unpaired) electrons. The lowest BCUT2D eigenvalue weighted by atomic mass is 9.46. The minimum absolute atomic E-state index is 0.00598. The second-order valence-electron chi connectivity index (χ2n) is 15.4. The number of aromatic nitrogens is 1. The van der Waals surface area contributed by atoms with Crippen LogP contribution in [0, 0.1) is 0 Å². The van der Waals surface area contributed by atoms with E-state index in [1.54, 1.807) is 0 Å². The maximum absolute atomic E-state index is 6.94. The van der Waals surface area contributed by atoms with Gasteiger partial charge < -0.3 is 18.7 Å². The maximum Gasteiger partial charge on any atom is 0.336 e. The van der Waals surface area contributed by atoms with Gasteiger partial charge in [0.25, 0.3) is 0 Å². The van der Waals surface area contributed by atoms with E-state index in [0.29, 0.717) is 0 Å². The van der Waals surface area contributed by atoms with E-state index in [9.17, 15) is 0 Å². The summed E-state index contributed by atoms with van der Waals surface area (Å²) in [4.78, 5) is 0. The van der Waals surface area contributed by atoms with E-state index in [0.717, 1.165) is 56.3 Å². The lowest BCUT2D eigenvalue weighted by Crippen LogP contribution is -2.54. The van der Waals surface area contributed by atoms with Gasteiger partial charge in [-0.2, -0.15) is 0 Å². The zero-order valence-electron chi connectivity index (χ0n) is 28.8. The van der Waals surface area contributed by atoms with E-state index in [-0.39, 0.29) is 17.7 Å². The van der Waals surface area contributed by atoms with Crippen molar-refractivity contribution in [2.24, 2.45) is 0 Å². The minimum Gasteiger partial charge on any atom is -0.458 e. The summed E-state index contributed by atoms with van der Waals surface area (Å²) < 4.78 is 22.4. The van der Waals surface area contributed by atoms with Gasteiger partial charge in [0.05, 0.1) is 0 Å². The molecule has 1 aromatic heterocycles. The van der Waals surface area contributed by atoms with Crippen molar-refractivity contribution in [3.8, 4) is 45.6 Å². The Hall–Kier alpha value is -5.42. The van der Waals surface area contributed by atoms with E-state index in [1.807, 2.05) is 60.7 Å². The summed E-state index contributed by atoms with van der Waals surface area (Å²) in [5.74, 6) is 5.05. The van der Waals surface area contributed by atoms with Crippen LogP contribution in [0.2, 0.25) is 0 Å². The maximum atomic E-state index is 6.94. The third kappa shape index (κ3) is 4.82. The predicted molar refractivity (Wildman–Crippen MR) is 202 cm³/mol. The van der Waals surface area contributed by atoms with Gasteiger partial charge in [0.2, 0.25) is 0 Å². The van der Waals surface area contributed by atoms with Crippen molar-refractivity contribution in [2.45, 2.75) is 52.4 Å². The van der Waals surface area contributed by atoms with E-state index in [1.165, 1.54) is 33.1 Å². The van der Waals surface area contributed by atoms with Crippen LogP contribution >= 0.6 is 0 Å². The quantitative estimate of drug-likeness (QED) is 0.180. The molecule has 3 heterocycles. The van der Waals surface area contributed by atoms with Crippen LogP contribution in [0.1, 0.15) is 52.7 Å². The number of hydrogen-bond acceptors (Lipinski definition) is 3. The lowest BCUT2D eigenvalue weighted by molar-refractivity contribution is 0.478. The highest BCUT2D eigenvalue weighted by molar-refractivity contribution is 6.88. The first kappa shape index (κ1) is 29.7. The SMILES string of the molecule is CC(C)(C)c1ccc2c(c1)Oc1cc(C(C)(C)C)cc3c1B2n1c2ccc(Oc4ccccc4)cc2c2cc(Oc4ccccc4)cc-3c21. The fraction of sp³-hybridized carbons (Fsp3) is 0.182. The van der Waals surface area contributed by atoms with Crippen LogP contribution in [0.5, 0.6) is 34.5 Å². The predicted octanol–water partition coefficient (Wildman–Crippen LogP) is 10.7. The van der Waals surface area contributed by atoms with Gasteiger partial charge in [-0.05, 0) is 99.7 Å². The Morgan fingerprint density at radius 1 is 0.531 bits per heavy atom. The Bertz CT molecular complexity index is 2430. The average Bonchev–Trinajstić information content (AvgIpc) is 3.39. The molecule has 0 aliphatic carbocycles. The number of nitrogens with zero attached hydrogens (tertiary/aromatic N) is 1. The molecule has 0 fully saturated rings. The van der Waals surface area contributed by atoms with Crippen LogP contribution in [0.3, 0.4) is 0 Å². The molecular formula is C44H38BNO3. The van der Waals surface area contributed by atoms with Gasteiger partial charge >= 0.3 is 6.85 Å². The van der Waals surface area contributed by atoms with E-state index in [4.69, 9.17) is 14.2 Å². The first-order valence-electron chi connectivity index (χ1n) is 17.1. The summed E-state index contributed by atoms with van der Waals surface area (Å²) in [6, 6.07) is 42.3. The first-order chi connectivity index (χ1) is 23.5. The second kappa shape index (κ2) is 10.5. The molecule has 0 spiro atoms. The molecule has 2 aliphatic heterocycles. The van der Waals surface area contributed by atoms with Crippen molar-refractivity contribution in [1.29, 1.82) is 0 Å². The zero-order valence-corrected chi connectivity index (χ0v) is 28.8. The van der Waals surface area contributed by atoms with Gasteiger partial charge in [0, 0.05) is 32.8 Å². The molecule has 0 atom stereocenters. The Labute approximate surface area is 288 Å². The average molecular weight is 640 g/mol. The summed E-state index contributed by atoms with van der Waals surface area (Å²) in [7, 11) is 0. The number of fused-ring (bicyclic) bond motifs is 7. The summed E-state index contributed by atoms with van der Waals surface area (Å²) in [6.45, 7) is 13.5. The summed E-state index contributed by atoms with van der Waals surface area (Å²) in [6.07, 6.45) is 0. The van der Waals surface area contributed by atoms with Crippen molar-refractivity contribution < 1.29 is 14.2 Å². The monoisotopic (exact) mass is 639 g/mol. The van der Waals surface area contributed by atoms with E-state index < -0.39 is 0 Å². The van der Waals surface area contributed by atoms with Crippen molar-refractivity contribution in [3.05, 3.63) is 132 Å². The number of benzene rings is 6. The molecule has 4 nitrogen and oxygen atoms in total. The van der Waals surface area contributed by atoms with Crippen LogP contribution < -0.4 is 25.1 Å². The van der Waals surface area contributed by atoms with Crippen molar-refractivity contribution in [3.63, 3.8) is 0 Å². The third-order valence-corrected chi connectivity index (χ3v) is 10.0. The van der Waals surface area contributed by atoms with Crippen molar-refractivity contribution >= 4 is 39.6 Å². The highest BCUT2D eigenvalue weighted by Gasteiger charge is 2.42. The molecule has 49 heavy (non-hydrogen) atoms. The highest BCUT2D eigenvalue weighted by Crippen LogP contribution is 2.47. The number of hydrogen-bond donors (Lipinski definition) is 0. The Morgan fingerprint density at radius 3 is 1.84 bits per heavy atom. The van der Waals surface area contributed by atoms with Crippen LogP contribution in [-0.2, 0) is 10.8 Å². The van der Waals surface area contributed by atoms with E-state index in [2.05, 4.69) is 107 Å². The fourth-order valence-corrected chi connectivity index (χ4v) is 7.49. The Morgan fingerprint density at radius 2 is 1.16 bits per heavy atom. The number of para-hydroxylation sites is 2. The molecule has 5 heteroatoms. The highest BCUT2D eigenvalue weighted by atomic mass is 16.5. The number of rotatable bonds is 4. The zero-order chi connectivity index (χ0) is 33.7. The first-order valence-corrected chi connectivity index (χ1v) is 17.1. The van der Waals surface area contributed by atoms with Crippen LogP contribution in [0.4, 0.5) is 0 Å². The summed E-state index contributed by atoms with van der Waals surface area (Å²) >= 11 is 0. The molecule has 7 aromatic rings. The summed E-state index contributed by atoms with van der Waals surface area (Å²) in [5.41, 5.74) is 9.43. The van der Waals surface area contributed by atoms with Gasteiger partial charge in [-0.15, -0.1) is 0 Å². The smallest absolute Gasteiger partial charge is 0.336 e. The molecular weight excluding hydrogens is 601 g/mol. The summed E-state index contributed by atoms with van der Waals surface area (Å²) in [5, 5.41) is 2.25. The Balaban J connectivity index is 1.36. The molecule has 0 unspecified atom stereocenters. The standard InChI is InChI=1S/C44H38BNO3/c1-43(2,3)27-17-19-37-39(22-27)49-40-23-28(44(4,5)6)21-34-36-26-32(48-30-15-11-8-12-16-30)25-35-33-24-31(47-29-13-9-7-10-14-29)18-20-38(33)46(42(35)36)45(37)41(34)40/h7-26H,1-6H3. The topological polar surface area (TPSA) is 32.6 Å². The number of ether oxygens (including phenoxy) is 3. The molecule has 240 valence electrons. The molecule has 0 N–H and O–H groups in total. The second-order valence-corrected chi connectivity index (χ2v) is 15.4. The molecule has 6 aromatic carbocycles. The molecule has 2 aliphatic rings. The largest absolute Gasteiger partial charge is 0.458 e.